The van der Waals surface area contributed by atoms with Crippen molar-refractivity contribution in [3.8, 4) is 22.6 Å². The maximum absolute atomic E-state index is 10.6. The van der Waals surface area contributed by atoms with Gasteiger partial charge in [0.15, 0.2) is 0 Å². The van der Waals surface area contributed by atoms with Crippen LogP contribution in [0.3, 0.4) is 0 Å². The standard InChI is InChI=1S/C22H15BrO2/c1-2-13-3-7-17-14(11-13)4-9-19(24)21(17)22-18-8-6-16(23)12-15(18)5-10-20(22)25/h2-12,24-25H,1H2. The first-order valence-corrected chi connectivity index (χ1v) is 8.67. The highest BCUT2D eigenvalue weighted by molar-refractivity contribution is 9.10. The Balaban J connectivity index is 2.15. The molecular weight excluding hydrogens is 376 g/mol. The number of benzene rings is 4. The average molecular weight is 391 g/mol. The van der Waals surface area contributed by atoms with Crippen LogP contribution >= 0.6 is 15.9 Å². The van der Waals surface area contributed by atoms with E-state index >= 15 is 0 Å². The Hall–Kier alpha value is -2.78. The molecular formula is C22H15BrO2. The van der Waals surface area contributed by atoms with E-state index in [4.69, 9.17) is 0 Å². The third-order valence-corrected chi connectivity index (χ3v) is 4.96. The molecule has 2 N–H and O–H groups in total. The van der Waals surface area contributed by atoms with E-state index in [-0.39, 0.29) is 11.5 Å². The molecule has 0 unspecified atom stereocenters. The molecule has 4 aromatic carbocycles. The zero-order valence-corrected chi connectivity index (χ0v) is 14.9. The van der Waals surface area contributed by atoms with E-state index in [0.29, 0.717) is 11.1 Å². The first-order chi connectivity index (χ1) is 12.1. The fourth-order valence-corrected chi connectivity index (χ4v) is 3.66. The van der Waals surface area contributed by atoms with Gasteiger partial charge in [-0.05, 0) is 57.4 Å². The molecule has 0 spiro atoms. The fourth-order valence-electron chi connectivity index (χ4n) is 3.28. The van der Waals surface area contributed by atoms with Gasteiger partial charge in [-0.2, -0.15) is 0 Å². The van der Waals surface area contributed by atoms with E-state index in [9.17, 15) is 10.2 Å². The smallest absolute Gasteiger partial charge is 0.124 e. The zero-order chi connectivity index (χ0) is 17.6. The van der Waals surface area contributed by atoms with E-state index in [1.807, 2.05) is 48.5 Å². The van der Waals surface area contributed by atoms with Gasteiger partial charge in [0, 0.05) is 15.6 Å². The summed E-state index contributed by atoms with van der Waals surface area (Å²) in [6.45, 7) is 3.81. The Bertz CT molecular complexity index is 1150. The monoisotopic (exact) mass is 390 g/mol. The van der Waals surface area contributed by atoms with Gasteiger partial charge in [-0.25, -0.2) is 0 Å². The number of hydrogen-bond donors (Lipinski definition) is 2. The molecule has 0 bridgehead atoms. The quantitative estimate of drug-likeness (QED) is 0.411. The van der Waals surface area contributed by atoms with Crippen LogP contribution in [0.15, 0.2) is 71.7 Å². The molecule has 25 heavy (non-hydrogen) atoms. The number of phenolic OH excluding ortho intramolecular Hbond substituents is 2. The van der Waals surface area contributed by atoms with Crippen LogP contribution in [0.25, 0.3) is 38.7 Å². The Kier molecular flexibility index (Phi) is 3.74. The largest absolute Gasteiger partial charge is 0.507 e. The van der Waals surface area contributed by atoms with Crippen molar-refractivity contribution in [3.05, 3.63) is 77.3 Å². The van der Waals surface area contributed by atoms with Gasteiger partial charge in [-0.3, -0.25) is 0 Å². The number of halogens is 1. The molecule has 0 heterocycles. The van der Waals surface area contributed by atoms with Gasteiger partial charge in [0.2, 0.25) is 0 Å². The van der Waals surface area contributed by atoms with Gasteiger partial charge in [0.1, 0.15) is 11.5 Å². The first-order valence-electron chi connectivity index (χ1n) is 7.88. The maximum Gasteiger partial charge on any atom is 0.124 e. The van der Waals surface area contributed by atoms with Crippen molar-refractivity contribution in [2.45, 2.75) is 0 Å². The van der Waals surface area contributed by atoms with Crippen LogP contribution in [0.1, 0.15) is 5.56 Å². The summed E-state index contributed by atoms with van der Waals surface area (Å²) >= 11 is 3.48. The maximum atomic E-state index is 10.6. The Morgan fingerprint density at radius 2 is 1.28 bits per heavy atom. The highest BCUT2D eigenvalue weighted by Crippen LogP contribution is 2.44. The summed E-state index contributed by atoms with van der Waals surface area (Å²) < 4.78 is 0.967. The number of fused-ring (bicyclic) bond motifs is 2. The van der Waals surface area contributed by atoms with Crippen molar-refractivity contribution in [1.82, 2.24) is 0 Å². The Morgan fingerprint density at radius 1 is 0.720 bits per heavy atom. The van der Waals surface area contributed by atoms with E-state index in [1.54, 1.807) is 18.2 Å². The van der Waals surface area contributed by atoms with Gasteiger partial charge >= 0.3 is 0 Å². The van der Waals surface area contributed by atoms with Crippen molar-refractivity contribution >= 4 is 43.6 Å². The fraction of sp³-hybridized carbons (Fsp3) is 0. The van der Waals surface area contributed by atoms with Crippen LogP contribution in [0.5, 0.6) is 11.5 Å². The van der Waals surface area contributed by atoms with Gasteiger partial charge in [0.25, 0.3) is 0 Å². The molecule has 4 rings (SSSR count). The summed E-state index contributed by atoms with van der Waals surface area (Å²) in [5.41, 5.74) is 2.29. The molecule has 0 aliphatic rings. The summed E-state index contributed by atoms with van der Waals surface area (Å²) in [6, 6.07) is 18.9. The highest BCUT2D eigenvalue weighted by Gasteiger charge is 2.16. The average Bonchev–Trinajstić information content (AvgIpc) is 2.62. The molecule has 4 aromatic rings. The normalized spacial score (nSPS) is 11.1. The molecule has 0 aliphatic heterocycles. The predicted molar refractivity (Wildman–Crippen MR) is 108 cm³/mol. The molecule has 0 amide bonds. The number of rotatable bonds is 2. The van der Waals surface area contributed by atoms with Crippen LogP contribution in [0, 0.1) is 0 Å². The van der Waals surface area contributed by atoms with Crippen molar-refractivity contribution < 1.29 is 10.2 Å². The second kappa shape index (κ2) is 5.94. The first kappa shape index (κ1) is 15.7. The van der Waals surface area contributed by atoms with E-state index in [0.717, 1.165) is 31.6 Å². The third kappa shape index (κ3) is 2.57. The SMILES string of the molecule is C=Cc1ccc2c(-c3c(O)ccc4cc(Br)ccc34)c(O)ccc2c1. The lowest BCUT2D eigenvalue weighted by Crippen LogP contribution is -1.87. The van der Waals surface area contributed by atoms with Crippen molar-refractivity contribution in [2.75, 3.05) is 0 Å². The molecule has 0 saturated heterocycles. The van der Waals surface area contributed by atoms with Gasteiger partial charge < -0.3 is 10.2 Å². The van der Waals surface area contributed by atoms with Crippen LogP contribution in [-0.2, 0) is 0 Å². The molecule has 0 radical (unpaired) electrons. The lowest BCUT2D eigenvalue weighted by molar-refractivity contribution is 0.470. The summed E-state index contributed by atoms with van der Waals surface area (Å²) in [6.07, 6.45) is 1.79. The lowest BCUT2D eigenvalue weighted by Gasteiger charge is -2.14. The van der Waals surface area contributed by atoms with Crippen LogP contribution < -0.4 is 0 Å². The van der Waals surface area contributed by atoms with E-state index in [2.05, 4.69) is 22.5 Å². The van der Waals surface area contributed by atoms with Crippen LogP contribution in [0.4, 0.5) is 0 Å². The second-order valence-electron chi connectivity index (χ2n) is 5.97. The molecule has 2 nitrogen and oxygen atoms in total. The third-order valence-electron chi connectivity index (χ3n) is 4.47. The second-order valence-corrected chi connectivity index (χ2v) is 6.89. The molecule has 0 atom stereocenters. The minimum absolute atomic E-state index is 0.143. The molecule has 0 aliphatic carbocycles. The topological polar surface area (TPSA) is 40.5 Å². The Morgan fingerprint density at radius 3 is 1.88 bits per heavy atom. The van der Waals surface area contributed by atoms with E-state index in [1.165, 1.54) is 0 Å². The van der Waals surface area contributed by atoms with Crippen molar-refractivity contribution in [3.63, 3.8) is 0 Å². The van der Waals surface area contributed by atoms with Gasteiger partial charge in [0.05, 0.1) is 0 Å². The molecule has 122 valence electrons. The zero-order valence-electron chi connectivity index (χ0n) is 13.3. The minimum Gasteiger partial charge on any atom is -0.507 e. The van der Waals surface area contributed by atoms with E-state index < -0.39 is 0 Å². The summed E-state index contributed by atoms with van der Waals surface area (Å²) in [4.78, 5) is 0. The van der Waals surface area contributed by atoms with Gasteiger partial charge in [-0.1, -0.05) is 58.9 Å². The van der Waals surface area contributed by atoms with Gasteiger partial charge in [-0.15, -0.1) is 0 Å². The van der Waals surface area contributed by atoms with Crippen molar-refractivity contribution in [2.24, 2.45) is 0 Å². The molecule has 0 saturated carbocycles. The lowest BCUT2D eigenvalue weighted by atomic mass is 9.92. The van der Waals surface area contributed by atoms with Crippen LogP contribution in [-0.4, -0.2) is 10.2 Å². The highest BCUT2D eigenvalue weighted by atomic mass is 79.9. The number of aromatic hydroxyl groups is 2. The number of hydrogen-bond acceptors (Lipinski definition) is 2. The summed E-state index contributed by atoms with van der Waals surface area (Å²) in [5, 5.41) is 24.9. The predicted octanol–water partition coefficient (Wildman–Crippen LogP) is 6.48. The molecule has 0 aromatic heterocycles. The number of phenols is 2. The molecule has 3 heteroatoms. The molecule has 0 fully saturated rings. The minimum atomic E-state index is 0.143. The summed E-state index contributed by atoms with van der Waals surface area (Å²) in [5.74, 6) is 0.287. The Labute approximate surface area is 153 Å². The van der Waals surface area contributed by atoms with Crippen LogP contribution in [0.2, 0.25) is 0 Å². The summed E-state index contributed by atoms with van der Waals surface area (Å²) in [7, 11) is 0. The van der Waals surface area contributed by atoms with Crippen molar-refractivity contribution in [1.29, 1.82) is 0 Å².